The number of aliphatic carboxylic acids is 1. The highest BCUT2D eigenvalue weighted by atomic mass is 32.2. The summed E-state index contributed by atoms with van der Waals surface area (Å²) in [6.07, 6.45) is 6.75. The van der Waals surface area contributed by atoms with Gasteiger partial charge in [0.15, 0.2) is 0 Å². The molecule has 0 saturated heterocycles. The van der Waals surface area contributed by atoms with Crippen molar-refractivity contribution in [2.24, 2.45) is 5.92 Å². The Bertz CT molecular complexity index is 751. The molecule has 0 aliphatic heterocycles. The minimum atomic E-state index is -2.47. The number of nitrogens with one attached hydrogen (secondary N) is 1. The van der Waals surface area contributed by atoms with Gasteiger partial charge < -0.3 is 15.2 Å². The summed E-state index contributed by atoms with van der Waals surface area (Å²) in [6, 6.07) is 6.37. The average molecular weight is 470 g/mol. The van der Waals surface area contributed by atoms with Crippen LogP contribution in [0.2, 0.25) is 0 Å². The zero-order valence-electron chi connectivity index (χ0n) is 19.2. The summed E-state index contributed by atoms with van der Waals surface area (Å²) in [5, 5.41) is 13.0. The molecule has 3 rings (SSSR count). The molecule has 32 heavy (non-hydrogen) atoms. The second-order valence-electron chi connectivity index (χ2n) is 9.49. The van der Waals surface area contributed by atoms with Gasteiger partial charge in [0.2, 0.25) is 5.92 Å². The third-order valence-electron chi connectivity index (χ3n) is 6.66. The van der Waals surface area contributed by atoms with Crippen molar-refractivity contribution in [3.63, 3.8) is 0 Å². The molecule has 7 heteroatoms. The summed E-state index contributed by atoms with van der Waals surface area (Å²) >= 11 is 1.64. The molecule has 0 bridgehead atoms. The summed E-state index contributed by atoms with van der Waals surface area (Å²) < 4.78 is 32.8. The van der Waals surface area contributed by atoms with E-state index in [-0.39, 0.29) is 36.2 Å². The number of carboxylic acid groups (broad SMARTS) is 1. The average Bonchev–Trinajstić information content (AvgIpc) is 3.19. The Morgan fingerprint density at radius 2 is 2.00 bits per heavy atom. The quantitative estimate of drug-likeness (QED) is 0.365. The highest BCUT2D eigenvalue weighted by molar-refractivity contribution is 8.00. The molecule has 0 amide bonds. The summed E-state index contributed by atoms with van der Waals surface area (Å²) in [7, 11) is 0. The normalized spacial score (nSPS) is 24.4. The van der Waals surface area contributed by atoms with Crippen LogP contribution in [-0.2, 0) is 4.79 Å². The molecular weight excluding hydrogens is 432 g/mol. The highest BCUT2D eigenvalue weighted by Gasteiger charge is 2.35. The Kier molecular flexibility index (Phi) is 9.23. The predicted molar refractivity (Wildman–Crippen MR) is 125 cm³/mol. The van der Waals surface area contributed by atoms with Crippen LogP contribution >= 0.6 is 11.8 Å². The van der Waals surface area contributed by atoms with Crippen LogP contribution in [0.5, 0.6) is 5.75 Å². The largest absolute Gasteiger partial charge is 0.490 e. The topological polar surface area (TPSA) is 58.6 Å². The van der Waals surface area contributed by atoms with E-state index in [4.69, 9.17) is 4.74 Å². The van der Waals surface area contributed by atoms with Crippen molar-refractivity contribution in [3.8, 4) is 5.75 Å². The number of rotatable bonds is 11. The Labute approximate surface area is 194 Å². The van der Waals surface area contributed by atoms with E-state index in [0.29, 0.717) is 12.8 Å². The van der Waals surface area contributed by atoms with E-state index in [2.05, 4.69) is 24.4 Å². The van der Waals surface area contributed by atoms with Crippen molar-refractivity contribution in [2.45, 2.75) is 106 Å². The summed E-state index contributed by atoms with van der Waals surface area (Å²) in [6.45, 7) is 4.96. The second-order valence-corrected chi connectivity index (χ2v) is 10.8. The standard InChI is InChI=1S/C25H37F2NO3S/c1-17-9-10-23(32-22-8-5-7-20(22)24(29)30)21(16-17)31-18(2)6-3-4-15-28-19-11-13-25(26,27)14-12-19/h9-10,16,18-20,22,28H,3-8,11-15H2,1-2H3,(H,29,30)/t18-,20+,22+/m1/s1. The smallest absolute Gasteiger partial charge is 0.307 e. The first-order valence-electron chi connectivity index (χ1n) is 12.0. The first kappa shape index (κ1) is 25.3. The number of carboxylic acids is 1. The molecule has 0 radical (unpaired) electrons. The third-order valence-corrected chi connectivity index (χ3v) is 8.12. The summed E-state index contributed by atoms with van der Waals surface area (Å²) in [5.41, 5.74) is 1.13. The zero-order chi connectivity index (χ0) is 23.1. The van der Waals surface area contributed by atoms with Gasteiger partial charge in [-0.1, -0.05) is 12.5 Å². The van der Waals surface area contributed by atoms with E-state index >= 15 is 0 Å². The minimum absolute atomic E-state index is 0.000443. The number of ether oxygens (including phenoxy) is 1. The molecule has 0 aromatic heterocycles. The molecule has 2 aliphatic rings. The van der Waals surface area contributed by atoms with Crippen LogP contribution in [0.1, 0.15) is 76.7 Å². The van der Waals surface area contributed by atoms with Crippen LogP contribution in [0.4, 0.5) is 8.78 Å². The van der Waals surface area contributed by atoms with Crippen molar-refractivity contribution < 1.29 is 23.4 Å². The molecule has 2 N–H and O–H groups in total. The van der Waals surface area contributed by atoms with Crippen molar-refractivity contribution in [2.75, 3.05) is 6.54 Å². The molecule has 0 unspecified atom stereocenters. The van der Waals surface area contributed by atoms with Gasteiger partial charge >= 0.3 is 5.97 Å². The van der Waals surface area contributed by atoms with Crippen LogP contribution in [0.3, 0.4) is 0 Å². The van der Waals surface area contributed by atoms with E-state index < -0.39 is 11.9 Å². The van der Waals surface area contributed by atoms with Crippen LogP contribution in [0.15, 0.2) is 23.1 Å². The molecule has 1 aromatic rings. The predicted octanol–water partition coefficient (Wildman–Crippen LogP) is 6.45. The number of alkyl halides is 2. The molecule has 4 nitrogen and oxygen atoms in total. The van der Waals surface area contributed by atoms with Gasteiger partial charge in [-0.25, -0.2) is 8.78 Å². The Morgan fingerprint density at radius 1 is 1.25 bits per heavy atom. The van der Waals surface area contributed by atoms with E-state index in [0.717, 1.165) is 61.3 Å². The molecule has 0 spiro atoms. The van der Waals surface area contributed by atoms with Gasteiger partial charge in [-0.2, -0.15) is 0 Å². The number of thioether (sulfide) groups is 1. The Hall–Kier alpha value is -1.34. The lowest BCUT2D eigenvalue weighted by molar-refractivity contribution is -0.141. The maximum absolute atomic E-state index is 13.2. The van der Waals surface area contributed by atoms with Crippen molar-refractivity contribution in [1.82, 2.24) is 5.32 Å². The number of hydrogen-bond donors (Lipinski definition) is 2. The second kappa shape index (κ2) is 11.7. The first-order chi connectivity index (χ1) is 15.2. The van der Waals surface area contributed by atoms with Gasteiger partial charge in [0.25, 0.3) is 0 Å². The number of hydrogen-bond acceptors (Lipinski definition) is 4. The molecular formula is C25H37F2NO3S. The number of unbranched alkanes of at least 4 members (excludes halogenated alkanes) is 1. The van der Waals surface area contributed by atoms with E-state index in [9.17, 15) is 18.7 Å². The van der Waals surface area contributed by atoms with Gasteiger partial charge in [-0.15, -0.1) is 11.8 Å². The molecule has 1 aromatic carbocycles. The van der Waals surface area contributed by atoms with Gasteiger partial charge in [0, 0.05) is 29.0 Å². The van der Waals surface area contributed by atoms with Crippen molar-refractivity contribution in [3.05, 3.63) is 23.8 Å². The van der Waals surface area contributed by atoms with Crippen LogP contribution in [-0.4, -0.2) is 40.9 Å². The molecule has 2 aliphatic carbocycles. The van der Waals surface area contributed by atoms with Gasteiger partial charge in [0.1, 0.15) is 5.75 Å². The fourth-order valence-electron chi connectivity index (χ4n) is 4.70. The number of halogens is 2. The summed E-state index contributed by atoms with van der Waals surface area (Å²) in [5.74, 6) is -2.60. The highest BCUT2D eigenvalue weighted by Crippen LogP contribution is 2.43. The minimum Gasteiger partial charge on any atom is -0.490 e. The lowest BCUT2D eigenvalue weighted by atomic mass is 9.92. The lowest BCUT2D eigenvalue weighted by Gasteiger charge is -2.29. The first-order valence-corrected chi connectivity index (χ1v) is 12.9. The zero-order valence-corrected chi connectivity index (χ0v) is 20.1. The van der Waals surface area contributed by atoms with E-state index in [1.165, 1.54) is 0 Å². The van der Waals surface area contributed by atoms with E-state index in [1.54, 1.807) is 11.8 Å². The molecule has 180 valence electrons. The number of aryl methyl sites for hydroxylation is 1. The number of carbonyl (C=O) groups is 1. The van der Waals surface area contributed by atoms with Gasteiger partial charge in [0.05, 0.1) is 12.0 Å². The van der Waals surface area contributed by atoms with Crippen LogP contribution < -0.4 is 10.1 Å². The summed E-state index contributed by atoms with van der Waals surface area (Å²) in [4.78, 5) is 12.6. The number of benzene rings is 1. The van der Waals surface area contributed by atoms with Gasteiger partial charge in [-0.3, -0.25) is 4.79 Å². The third kappa shape index (κ3) is 7.62. The van der Waals surface area contributed by atoms with Crippen molar-refractivity contribution in [1.29, 1.82) is 0 Å². The Balaban J connectivity index is 1.42. The van der Waals surface area contributed by atoms with Crippen molar-refractivity contribution >= 4 is 17.7 Å². The lowest BCUT2D eigenvalue weighted by Crippen LogP contribution is -2.37. The molecule has 0 heterocycles. The van der Waals surface area contributed by atoms with Crippen LogP contribution in [0, 0.1) is 12.8 Å². The Morgan fingerprint density at radius 3 is 2.72 bits per heavy atom. The monoisotopic (exact) mass is 469 g/mol. The molecule has 2 fully saturated rings. The van der Waals surface area contributed by atoms with Gasteiger partial charge in [-0.05, 0) is 83.0 Å². The molecule has 2 saturated carbocycles. The maximum atomic E-state index is 13.2. The van der Waals surface area contributed by atoms with Crippen LogP contribution in [0.25, 0.3) is 0 Å². The molecule has 3 atom stereocenters. The fraction of sp³-hybridized carbons (Fsp3) is 0.720. The van der Waals surface area contributed by atoms with E-state index in [1.807, 2.05) is 13.0 Å². The SMILES string of the molecule is Cc1ccc(S[C@H]2CCC[C@@H]2C(=O)O)c(O[C@H](C)CCCCNC2CCC(F)(F)CC2)c1. The maximum Gasteiger partial charge on any atom is 0.307 e. The fourth-order valence-corrected chi connectivity index (χ4v) is 6.10.